The van der Waals surface area contributed by atoms with Crippen LogP contribution in [0.2, 0.25) is 0 Å². The highest BCUT2D eigenvalue weighted by atomic mass is 32.2. The zero-order valence-corrected chi connectivity index (χ0v) is 18.5. The lowest BCUT2D eigenvalue weighted by Crippen LogP contribution is -2.51. The van der Waals surface area contributed by atoms with E-state index in [1.807, 2.05) is 6.92 Å². The number of carbonyl (C=O) groups excluding carboxylic acids is 1. The van der Waals surface area contributed by atoms with Crippen LogP contribution in [0.15, 0.2) is 9.95 Å². The minimum Gasteiger partial charge on any atom is -0.337 e. The molecule has 154 valence electrons. The molecule has 0 saturated heterocycles. The second-order valence-corrected chi connectivity index (χ2v) is 10.5. The number of fused-ring (bicyclic) bond motifs is 3. The summed E-state index contributed by atoms with van der Waals surface area (Å²) in [4.78, 5) is 32.6. The van der Waals surface area contributed by atoms with Crippen LogP contribution in [-0.4, -0.2) is 26.2 Å². The molecule has 2 aliphatic rings. The van der Waals surface area contributed by atoms with Crippen LogP contribution in [0.25, 0.3) is 10.2 Å². The molecule has 1 saturated carbocycles. The Kier molecular flexibility index (Phi) is 5.71. The molecule has 1 N–H and O–H groups in total. The van der Waals surface area contributed by atoms with E-state index in [2.05, 4.69) is 11.4 Å². The van der Waals surface area contributed by atoms with E-state index in [9.17, 15) is 14.9 Å². The molecule has 2 aliphatic carbocycles. The number of aryl methyl sites for hydroxylation is 2. The van der Waals surface area contributed by atoms with Crippen molar-refractivity contribution in [1.82, 2.24) is 14.9 Å². The minimum atomic E-state index is -0.750. The first-order valence-corrected chi connectivity index (χ1v) is 12.0. The number of thioether (sulfide) groups is 1. The average molecular weight is 431 g/mol. The third-order valence-electron chi connectivity index (χ3n) is 6.09. The smallest absolute Gasteiger partial charge is 0.262 e. The van der Waals surface area contributed by atoms with E-state index >= 15 is 0 Å². The molecular formula is C21H26N4O2S2. The van der Waals surface area contributed by atoms with Crippen molar-refractivity contribution in [3.63, 3.8) is 0 Å². The van der Waals surface area contributed by atoms with Crippen molar-refractivity contribution in [1.29, 1.82) is 5.26 Å². The first-order chi connectivity index (χ1) is 13.9. The fourth-order valence-electron chi connectivity index (χ4n) is 4.34. The first-order valence-electron chi connectivity index (χ1n) is 10.4. The van der Waals surface area contributed by atoms with Gasteiger partial charge in [0.15, 0.2) is 5.16 Å². The van der Waals surface area contributed by atoms with E-state index in [1.165, 1.54) is 28.6 Å². The summed E-state index contributed by atoms with van der Waals surface area (Å²) in [5.41, 5.74) is 0.408. The Labute approximate surface area is 178 Å². The number of carbonyl (C=O) groups is 1. The van der Waals surface area contributed by atoms with Crippen LogP contribution in [0.5, 0.6) is 0 Å². The van der Waals surface area contributed by atoms with E-state index in [4.69, 9.17) is 4.98 Å². The summed E-state index contributed by atoms with van der Waals surface area (Å²) in [6.45, 7) is 1.81. The number of amides is 1. The van der Waals surface area contributed by atoms with Crippen molar-refractivity contribution < 1.29 is 4.79 Å². The predicted octanol–water partition coefficient (Wildman–Crippen LogP) is 3.70. The quantitative estimate of drug-likeness (QED) is 0.590. The maximum Gasteiger partial charge on any atom is 0.262 e. The number of nitriles is 1. The number of nitrogens with zero attached hydrogens (tertiary/aromatic N) is 3. The van der Waals surface area contributed by atoms with Gasteiger partial charge in [-0.25, -0.2) is 4.98 Å². The van der Waals surface area contributed by atoms with Crippen LogP contribution in [0.1, 0.15) is 62.3 Å². The van der Waals surface area contributed by atoms with Crippen LogP contribution in [-0.2, 0) is 24.7 Å². The van der Waals surface area contributed by atoms with E-state index in [-0.39, 0.29) is 11.5 Å². The standard InChI is InChI=1S/C21H26N4O2S2/c1-13(17(26)24-21(12-22)10-6-3-7-11-21)28-20-23-18-16(19(27)25(20)2)14-8-4-5-9-15(14)29-18/h13H,3-11H2,1-2H3,(H,24,26). The van der Waals surface area contributed by atoms with Crippen molar-refractivity contribution in [3.05, 3.63) is 20.8 Å². The Hall–Kier alpha value is -1.85. The number of hydrogen-bond acceptors (Lipinski definition) is 6. The second kappa shape index (κ2) is 8.11. The highest BCUT2D eigenvalue weighted by Gasteiger charge is 2.35. The topological polar surface area (TPSA) is 87.8 Å². The van der Waals surface area contributed by atoms with Gasteiger partial charge >= 0.3 is 0 Å². The molecule has 0 radical (unpaired) electrons. The van der Waals surface area contributed by atoms with Gasteiger partial charge in [-0.15, -0.1) is 11.3 Å². The molecule has 0 spiro atoms. The van der Waals surface area contributed by atoms with Gasteiger partial charge in [-0.1, -0.05) is 31.0 Å². The largest absolute Gasteiger partial charge is 0.337 e. The molecule has 6 nitrogen and oxygen atoms in total. The van der Waals surface area contributed by atoms with Gasteiger partial charge in [0.2, 0.25) is 5.91 Å². The highest BCUT2D eigenvalue weighted by molar-refractivity contribution is 8.00. The summed E-state index contributed by atoms with van der Waals surface area (Å²) in [6.07, 6.45) is 8.71. The molecule has 0 aliphatic heterocycles. The number of nitrogens with one attached hydrogen (secondary N) is 1. The molecule has 1 amide bonds. The van der Waals surface area contributed by atoms with Crippen molar-refractivity contribution >= 4 is 39.2 Å². The lowest BCUT2D eigenvalue weighted by atomic mass is 9.83. The lowest BCUT2D eigenvalue weighted by molar-refractivity contribution is -0.121. The fraction of sp³-hybridized carbons (Fsp3) is 0.619. The van der Waals surface area contributed by atoms with Gasteiger partial charge in [-0.3, -0.25) is 14.2 Å². The molecular weight excluding hydrogens is 404 g/mol. The zero-order valence-electron chi connectivity index (χ0n) is 16.9. The summed E-state index contributed by atoms with van der Waals surface area (Å²) in [6, 6.07) is 2.33. The van der Waals surface area contributed by atoms with E-state index in [1.54, 1.807) is 23.0 Å². The Morgan fingerprint density at radius 2 is 2.00 bits per heavy atom. The van der Waals surface area contributed by atoms with Gasteiger partial charge in [0, 0.05) is 11.9 Å². The molecule has 1 unspecified atom stereocenters. The van der Waals surface area contributed by atoms with Crippen molar-refractivity contribution in [2.45, 2.75) is 80.7 Å². The lowest BCUT2D eigenvalue weighted by Gasteiger charge is -2.32. The van der Waals surface area contributed by atoms with Gasteiger partial charge in [-0.05, 0) is 51.0 Å². The first kappa shape index (κ1) is 20.4. The van der Waals surface area contributed by atoms with Gasteiger partial charge in [-0.2, -0.15) is 5.26 Å². The summed E-state index contributed by atoms with van der Waals surface area (Å²) >= 11 is 2.91. The van der Waals surface area contributed by atoms with Gasteiger partial charge in [0.05, 0.1) is 16.7 Å². The fourth-order valence-corrected chi connectivity index (χ4v) is 6.52. The highest BCUT2D eigenvalue weighted by Crippen LogP contribution is 2.35. The van der Waals surface area contributed by atoms with Gasteiger partial charge in [0.1, 0.15) is 10.4 Å². The summed E-state index contributed by atoms with van der Waals surface area (Å²) in [7, 11) is 1.73. The maximum atomic E-state index is 13.0. The molecule has 1 atom stereocenters. The third-order valence-corrected chi connectivity index (χ3v) is 8.42. The molecule has 2 aromatic rings. The average Bonchev–Trinajstić information content (AvgIpc) is 3.10. The van der Waals surface area contributed by atoms with Crippen molar-refractivity contribution in [3.8, 4) is 6.07 Å². The molecule has 2 aromatic heterocycles. The predicted molar refractivity (Wildman–Crippen MR) is 116 cm³/mol. The minimum absolute atomic E-state index is 0.0229. The molecule has 1 fully saturated rings. The normalized spacial score (nSPS) is 19.3. The molecule has 8 heteroatoms. The number of hydrogen-bond donors (Lipinski definition) is 1. The molecule has 4 rings (SSSR count). The third kappa shape index (κ3) is 3.82. The van der Waals surface area contributed by atoms with Crippen LogP contribution >= 0.6 is 23.1 Å². The van der Waals surface area contributed by atoms with Crippen LogP contribution in [0.4, 0.5) is 0 Å². The maximum absolute atomic E-state index is 13.0. The molecule has 0 bridgehead atoms. The number of aromatic nitrogens is 2. The Bertz CT molecular complexity index is 1040. The van der Waals surface area contributed by atoms with Crippen LogP contribution in [0.3, 0.4) is 0 Å². The Morgan fingerprint density at radius 3 is 2.72 bits per heavy atom. The molecule has 2 heterocycles. The Morgan fingerprint density at radius 1 is 1.28 bits per heavy atom. The van der Waals surface area contributed by atoms with Crippen molar-refractivity contribution in [2.75, 3.05) is 0 Å². The van der Waals surface area contributed by atoms with Crippen LogP contribution < -0.4 is 10.9 Å². The van der Waals surface area contributed by atoms with Crippen molar-refractivity contribution in [2.24, 2.45) is 7.05 Å². The summed E-state index contributed by atoms with van der Waals surface area (Å²) in [5.74, 6) is -0.168. The van der Waals surface area contributed by atoms with E-state index in [0.29, 0.717) is 18.0 Å². The summed E-state index contributed by atoms with van der Waals surface area (Å²) in [5, 5.41) is 13.5. The number of rotatable bonds is 4. The number of thiophene rings is 1. The Balaban J connectivity index is 1.57. The summed E-state index contributed by atoms with van der Waals surface area (Å²) < 4.78 is 1.57. The van der Waals surface area contributed by atoms with E-state index in [0.717, 1.165) is 48.7 Å². The van der Waals surface area contributed by atoms with E-state index < -0.39 is 10.8 Å². The molecule has 0 aromatic carbocycles. The van der Waals surface area contributed by atoms with Gasteiger partial charge in [0.25, 0.3) is 5.56 Å². The van der Waals surface area contributed by atoms with Crippen LogP contribution in [0, 0.1) is 11.3 Å². The SMILES string of the molecule is CC(Sc1nc2sc3c(c2c(=O)n1C)CCCC3)C(=O)NC1(C#N)CCCCC1. The monoisotopic (exact) mass is 430 g/mol. The van der Waals surface area contributed by atoms with Gasteiger partial charge < -0.3 is 5.32 Å². The zero-order chi connectivity index (χ0) is 20.6. The molecule has 29 heavy (non-hydrogen) atoms. The second-order valence-electron chi connectivity index (χ2n) is 8.15.